The van der Waals surface area contributed by atoms with Crippen molar-refractivity contribution < 1.29 is 5.11 Å². The predicted molar refractivity (Wildman–Crippen MR) is 80.4 cm³/mol. The molecule has 2 atom stereocenters. The largest absolute Gasteiger partial charge is 0.396 e. The maximum Gasteiger partial charge on any atom is 0.125 e. The quantitative estimate of drug-likeness (QED) is 0.887. The molecule has 5 heteroatoms. The van der Waals surface area contributed by atoms with Gasteiger partial charge in [-0.3, -0.25) is 4.98 Å². The first-order valence-corrected chi connectivity index (χ1v) is 7.88. The molecule has 0 bridgehead atoms. The molecule has 0 aromatic carbocycles. The Labute approximate surface area is 122 Å². The normalized spacial score (nSPS) is 22.2. The number of nitrogens with zero attached hydrogens (tertiary/aromatic N) is 2. The zero-order valence-electron chi connectivity index (χ0n) is 11.3. The third kappa shape index (κ3) is 3.06. The molecule has 3 rings (SSSR count). The molecule has 1 fully saturated rings. The van der Waals surface area contributed by atoms with Crippen LogP contribution in [-0.4, -0.2) is 27.7 Å². The Bertz CT molecular complexity index is 543. The van der Waals surface area contributed by atoms with Crippen LogP contribution in [0.15, 0.2) is 30.7 Å². The SMILES string of the molecule is OC[C@@H]1CCC[C@@H]1NCc1cnc(-c2cccnc2)s1. The second-order valence-corrected chi connectivity index (χ2v) is 6.35. The van der Waals surface area contributed by atoms with Gasteiger partial charge in [0.2, 0.25) is 0 Å². The lowest BCUT2D eigenvalue weighted by Crippen LogP contribution is -2.33. The number of thiazole rings is 1. The summed E-state index contributed by atoms with van der Waals surface area (Å²) in [6.45, 7) is 1.13. The van der Waals surface area contributed by atoms with Crippen LogP contribution in [0, 0.1) is 5.92 Å². The van der Waals surface area contributed by atoms with E-state index in [2.05, 4.69) is 15.3 Å². The molecule has 1 aliphatic rings. The fourth-order valence-electron chi connectivity index (χ4n) is 2.77. The maximum atomic E-state index is 9.33. The Morgan fingerprint density at radius 3 is 3.10 bits per heavy atom. The number of hydrogen-bond acceptors (Lipinski definition) is 5. The fraction of sp³-hybridized carbons (Fsp3) is 0.467. The van der Waals surface area contributed by atoms with Gasteiger partial charge < -0.3 is 10.4 Å². The second kappa shape index (κ2) is 6.43. The number of aliphatic hydroxyl groups is 1. The van der Waals surface area contributed by atoms with E-state index in [-0.39, 0.29) is 0 Å². The molecule has 2 N–H and O–H groups in total. The molecule has 20 heavy (non-hydrogen) atoms. The van der Waals surface area contributed by atoms with Crippen LogP contribution in [0.4, 0.5) is 0 Å². The highest BCUT2D eigenvalue weighted by molar-refractivity contribution is 7.15. The molecule has 2 heterocycles. The zero-order valence-corrected chi connectivity index (χ0v) is 12.1. The first kappa shape index (κ1) is 13.7. The third-order valence-electron chi connectivity index (χ3n) is 3.89. The summed E-state index contributed by atoms with van der Waals surface area (Å²) in [5.74, 6) is 0.417. The Morgan fingerprint density at radius 2 is 2.30 bits per heavy atom. The van der Waals surface area contributed by atoms with E-state index >= 15 is 0 Å². The molecule has 4 nitrogen and oxygen atoms in total. The molecule has 106 valence electrons. The van der Waals surface area contributed by atoms with E-state index < -0.39 is 0 Å². The monoisotopic (exact) mass is 289 g/mol. The lowest BCUT2D eigenvalue weighted by atomic mass is 10.1. The molecule has 0 aliphatic heterocycles. The van der Waals surface area contributed by atoms with Crippen LogP contribution in [0.5, 0.6) is 0 Å². The van der Waals surface area contributed by atoms with E-state index in [1.807, 2.05) is 24.5 Å². The summed E-state index contributed by atoms with van der Waals surface area (Å²) in [5, 5.41) is 13.9. The van der Waals surface area contributed by atoms with Gasteiger partial charge in [-0.05, 0) is 30.9 Å². The van der Waals surface area contributed by atoms with E-state index in [1.165, 1.54) is 17.7 Å². The van der Waals surface area contributed by atoms with E-state index in [4.69, 9.17) is 0 Å². The first-order chi connectivity index (χ1) is 9.86. The molecule has 2 aromatic rings. The van der Waals surface area contributed by atoms with Crippen molar-refractivity contribution in [3.8, 4) is 10.6 Å². The van der Waals surface area contributed by atoms with Crippen molar-refractivity contribution in [2.24, 2.45) is 5.92 Å². The molecule has 2 aromatic heterocycles. The molecule has 1 aliphatic carbocycles. The van der Waals surface area contributed by atoms with E-state index in [0.717, 1.165) is 23.5 Å². The van der Waals surface area contributed by atoms with Crippen LogP contribution in [0.3, 0.4) is 0 Å². The average Bonchev–Trinajstić information content (AvgIpc) is 3.15. The molecule has 1 saturated carbocycles. The van der Waals surface area contributed by atoms with E-state index in [0.29, 0.717) is 18.6 Å². The minimum Gasteiger partial charge on any atom is -0.396 e. The zero-order chi connectivity index (χ0) is 13.8. The molecule has 0 unspecified atom stereocenters. The van der Waals surface area contributed by atoms with Crippen molar-refractivity contribution in [3.05, 3.63) is 35.6 Å². The van der Waals surface area contributed by atoms with Gasteiger partial charge in [0.15, 0.2) is 0 Å². The van der Waals surface area contributed by atoms with Crippen LogP contribution >= 0.6 is 11.3 Å². The van der Waals surface area contributed by atoms with Gasteiger partial charge in [0.05, 0.1) is 0 Å². The standard InChI is InChI=1S/C15H19N3OS/c19-10-12-3-1-5-14(12)17-8-13-9-18-15(20-13)11-4-2-6-16-7-11/h2,4,6-7,9,12,14,17,19H,1,3,5,8,10H2/t12-,14-/m0/s1. The van der Waals surface area contributed by atoms with Gasteiger partial charge in [-0.15, -0.1) is 11.3 Å². The second-order valence-electron chi connectivity index (χ2n) is 5.23. The smallest absolute Gasteiger partial charge is 0.125 e. The number of aliphatic hydroxyl groups excluding tert-OH is 1. The maximum absolute atomic E-state index is 9.33. The molecular weight excluding hydrogens is 270 g/mol. The van der Waals surface area contributed by atoms with Crippen molar-refractivity contribution in [2.75, 3.05) is 6.61 Å². The number of nitrogens with one attached hydrogen (secondary N) is 1. The lowest BCUT2D eigenvalue weighted by molar-refractivity contribution is 0.205. The van der Waals surface area contributed by atoms with Crippen molar-refractivity contribution in [2.45, 2.75) is 31.8 Å². The highest BCUT2D eigenvalue weighted by Crippen LogP contribution is 2.27. The molecule has 0 amide bonds. The van der Waals surface area contributed by atoms with Crippen LogP contribution in [-0.2, 0) is 6.54 Å². The molecule has 0 radical (unpaired) electrons. The van der Waals surface area contributed by atoms with Crippen molar-refractivity contribution >= 4 is 11.3 Å². The van der Waals surface area contributed by atoms with Crippen molar-refractivity contribution in [1.29, 1.82) is 0 Å². The predicted octanol–water partition coefficient (Wildman–Crippen LogP) is 2.46. The number of hydrogen-bond donors (Lipinski definition) is 2. The van der Waals surface area contributed by atoms with Gasteiger partial charge in [0.1, 0.15) is 5.01 Å². The van der Waals surface area contributed by atoms with Gasteiger partial charge >= 0.3 is 0 Å². The average molecular weight is 289 g/mol. The van der Waals surface area contributed by atoms with Crippen molar-refractivity contribution in [1.82, 2.24) is 15.3 Å². The van der Waals surface area contributed by atoms with Gasteiger partial charge in [0, 0.05) is 48.2 Å². The minimum absolute atomic E-state index is 0.293. The summed E-state index contributed by atoms with van der Waals surface area (Å²) in [6, 6.07) is 4.41. The van der Waals surface area contributed by atoms with E-state index in [9.17, 15) is 5.11 Å². The Kier molecular flexibility index (Phi) is 4.40. The number of pyridine rings is 1. The van der Waals surface area contributed by atoms with E-state index in [1.54, 1.807) is 17.5 Å². The van der Waals surface area contributed by atoms with Crippen molar-refractivity contribution in [3.63, 3.8) is 0 Å². The summed E-state index contributed by atoms with van der Waals surface area (Å²) < 4.78 is 0. The highest BCUT2D eigenvalue weighted by Gasteiger charge is 2.25. The Balaban J connectivity index is 1.60. The van der Waals surface area contributed by atoms with Gasteiger partial charge in [-0.25, -0.2) is 4.98 Å². The highest BCUT2D eigenvalue weighted by atomic mass is 32.1. The number of rotatable bonds is 5. The van der Waals surface area contributed by atoms with Crippen LogP contribution < -0.4 is 5.32 Å². The topological polar surface area (TPSA) is 58.0 Å². The van der Waals surface area contributed by atoms with Gasteiger partial charge in [-0.1, -0.05) is 6.42 Å². The Hall–Kier alpha value is -1.30. The lowest BCUT2D eigenvalue weighted by Gasteiger charge is -2.18. The first-order valence-electron chi connectivity index (χ1n) is 7.06. The Morgan fingerprint density at radius 1 is 1.35 bits per heavy atom. The summed E-state index contributed by atoms with van der Waals surface area (Å²) >= 11 is 1.70. The van der Waals surface area contributed by atoms with Crippen LogP contribution in [0.25, 0.3) is 10.6 Å². The summed E-state index contributed by atoms with van der Waals surface area (Å²) in [5.41, 5.74) is 1.07. The van der Waals surface area contributed by atoms with Gasteiger partial charge in [0.25, 0.3) is 0 Å². The third-order valence-corrected chi connectivity index (χ3v) is 4.94. The summed E-state index contributed by atoms with van der Waals surface area (Å²) in [6.07, 6.45) is 9.07. The summed E-state index contributed by atoms with van der Waals surface area (Å²) in [7, 11) is 0. The molecule has 0 saturated heterocycles. The molecular formula is C15H19N3OS. The minimum atomic E-state index is 0.293. The van der Waals surface area contributed by atoms with Crippen LogP contribution in [0.1, 0.15) is 24.1 Å². The van der Waals surface area contributed by atoms with Crippen LogP contribution in [0.2, 0.25) is 0 Å². The number of aromatic nitrogens is 2. The summed E-state index contributed by atoms with van der Waals surface area (Å²) in [4.78, 5) is 9.81. The fourth-order valence-corrected chi connectivity index (χ4v) is 3.62. The van der Waals surface area contributed by atoms with Gasteiger partial charge in [-0.2, -0.15) is 0 Å². The molecule has 0 spiro atoms.